The number of carboxylic acids is 1. The third-order valence-electron chi connectivity index (χ3n) is 7.98. The highest BCUT2D eigenvalue weighted by atomic mass is 35.5. The van der Waals surface area contributed by atoms with Crippen LogP contribution in [0.3, 0.4) is 0 Å². The number of rotatable bonds is 6. The molecule has 13 heteroatoms. The van der Waals surface area contributed by atoms with Crippen molar-refractivity contribution in [1.29, 1.82) is 0 Å². The van der Waals surface area contributed by atoms with Crippen LogP contribution in [0.2, 0.25) is 10.0 Å². The van der Waals surface area contributed by atoms with Crippen LogP contribution in [0.1, 0.15) is 24.8 Å². The minimum absolute atomic E-state index is 0.0356. The number of urea groups is 1. The van der Waals surface area contributed by atoms with Gasteiger partial charge < -0.3 is 14.7 Å². The molecule has 3 atom stereocenters. The average molecular weight is 610 g/mol. The van der Waals surface area contributed by atoms with Crippen LogP contribution in [0.15, 0.2) is 61.2 Å². The summed E-state index contributed by atoms with van der Waals surface area (Å²) in [6.07, 6.45) is 4.33. The molecule has 4 amide bonds. The first-order valence-electron chi connectivity index (χ1n) is 13.3. The van der Waals surface area contributed by atoms with Gasteiger partial charge in [-0.3, -0.25) is 9.69 Å². The zero-order valence-electron chi connectivity index (χ0n) is 22.2. The molecule has 3 fully saturated rings. The lowest BCUT2D eigenvalue weighted by molar-refractivity contribution is -0.141. The topological polar surface area (TPSA) is 133 Å². The number of fused-ring (bicyclic) bond motifs is 1. The quantitative estimate of drug-likeness (QED) is 0.399. The van der Waals surface area contributed by atoms with E-state index in [4.69, 9.17) is 27.9 Å². The lowest BCUT2D eigenvalue weighted by Crippen LogP contribution is -2.47. The van der Waals surface area contributed by atoms with Gasteiger partial charge in [0.25, 0.3) is 5.91 Å². The second kappa shape index (κ2) is 10.9. The van der Waals surface area contributed by atoms with Gasteiger partial charge >= 0.3 is 18.1 Å². The van der Waals surface area contributed by atoms with E-state index in [0.717, 1.165) is 21.6 Å². The molecule has 2 aromatic carbocycles. The highest BCUT2D eigenvalue weighted by Crippen LogP contribution is 2.44. The number of aliphatic carboxylic acids is 1. The Morgan fingerprint density at radius 2 is 1.71 bits per heavy atom. The van der Waals surface area contributed by atoms with Crippen molar-refractivity contribution in [3.05, 3.63) is 76.8 Å². The van der Waals surface area contributed by atoms with Crippen molar-refractivity contribution in [2.45, 2.75) is 43.4 Å². The molecule has 4 heterocycles. The summed E-state index contributed by atoms with van der Waals surface area (Å²) in [6, 6.07) is 10.4. The first-order chi connectivity index (χ1) is 20.2. The molecule has 3 aliphatic rings. The third-order valence-corrected chi connectivity index (χ3v) is 8.42. The SMILES string of the molecule is O=C(O)C1CCCN1C(=O)O[C@H]1CN2C(=O)N(c3cc(Cl)cc(Cl)c3)C(=O)[C@]2(Cc2ccc(-c3cncnc3)cc2)C1. The zero-order chi connectivity index (χ0) is 29.6. The van der Waals surface area contributed by atoms with E-state index >= 15 is 0 Å². The molecule has 11 nitrogen and oxygen atoms in total. The van der Waals surface area contributed by atoms with Gasteiger partial charge in [0.15, 0.2) is 0 Å². The van der Waals surface area contributed by atoms with Crippen molar-refractivity contribution in [3.8, 4) is 11.1 Å². The van der Waals surface area contributed by atoms with Crippen molar-refractivity contribution in [2.75, 3.05) is 18.0 Å². The number of nitrogens with zero attached hydrogens (tertiary/aromatic N) is 5. The number of hydrogen-bond donors (Lipinski definition) is 1. The van der Waals surface area contributed by atoms with Crippen LogP contribution in [0.5, 0.6) is 0 Å². The summed E-state index contributed by atoms with van der Waals surface area (Å²) in [5.74, 6) is -1.59. The van der Waals surface area contributed by atoms with Crippen LogP contribution < -0.4 is 4.90 Å². The monoisotopic (exact) mass is 609 g/mol. The van der Waals surface area contributed by atoms with Crippen LogP contribution >= 0.6 is 23.2 Å². The predicted octanol–water partition coefficient (Wildman–Crippen LogP) is 4.66. The van der Waals surface area contributed by atoms with Gasteiger partial charge in [0.2, 0.25) is 0 Å². The lowest BCUT2D eigenvalue weighted by Gasteiger charge is -2.28. The molecule has 0 radical (unpaired) electrons. The Morgan fingerprint density at radius 3 is 2.38 bits per heavy atom. The predicted molar refractivity (Wildman–Crippen MR) is 152 cm³/mol. The minimum Gasteiger partial charge on any atom is -0.480 e. The smallest absolute Gasteiger partial charge is 0.410 e. The molecular weight excluding hydrogens is 585 g/mol. The van der Waals surface area contributed by atoms with Gasteiger partial charge in [-0.2, -0.15) is 0 Å². The standard InChI is InChI=1S/C29H25Cl2N5O6/c30-20-8-21(31)10-22(9-20)36-26(39)29(11-17-3-5-18(6-4-17)19-13-32-16-33-14-19)12-23(15-35(29)27(36)40)42-28(41)34-7-1-2-24(34)25(37)38/h3-6,8-10,13-14,16,23-24H,1-2,7,11-12,15H2,(H,37,38)/t23-,24?,29+/m1/s1. The van der Waals surface area contributed by atoms with Gasteiger partial charge in [0.1, 0.15) is 24.0 Å². The normalized spacial score (nSPS) is 23.4. The van der Waals surface area contributed by atoms with E-state index in [-0.39, 0.29) is 41.7 Å². The van der Waals surface area contributed by atoms with Crippen molar-refractivity contribution in [3.63, 3.8) is 0 Å². The Balaban J connectivity index is 1.30. The maximum atomic E-state index is 14.2. The molecule has 0 aliphatic carbocycles. The molecule has 1 aromatic heterocycles. The van der Waals surface area contributed by atoms with Gasteiger partial charge in [0, 0.05) is 47.4 Å². The highest BCUT2D eigenvalue weighted by molar-refractivity contribution is 6.35. The molecule has 0 saturated carbocycles. The molecule has 0 bridgehead atoms. The largest absolute Gasteiger partial charge is 0.480 e. The zero-order valence-corrected chi connectivity index (χ0v) is 23.7. The van der Waals surface area contributed by atoms with E-state index in [2.05, 4.69) is 9.97 Å². The van der Waals surface area contributed by atoms with Crippen LogP contribution in [-0.4, -0.2) is 79.6 Å². The molecule has 0 spiro atoms. The molecule has 3 aromatic rings. The number of benzene rings is 2. The van der Waals surface area contributed by atoms with Crippen LogP contribution in [0, 0.1) is 0 Å². The fourth-order valence-electron chi connectivity index (χ4n) is 6.08. The Bertz CT molecular complexity index is 1550. The van der Waals surface area contributed by atoms with Gasteiger partial charge in [-0.15, -0.1) is 0 Å². The molecule has 1 unspecified atom stereocenters. The summed E-state index contributed by atoms with van der Waals surface area (Å²) < 4.78 is 5.73. The molecule has 216 valence electrons. The van der Waals surface area contributed by atoms with Crippen molar-refractivity contribution in [2.24, 2.45) is 0 Å². The van der Waals surface area contributed by atoms with Gasteiger partial charge in [0.05, 0.1) is 12.2 Å². The van der Waals surface area contributed by atoms with E-state index in [1.165, 1.54) is 34.3 Å². The van der Waals surface area contributed by atoms with Crippen LogP contribution in [-0.2, 0) is 20.7 Å². The van der Waals surface area contributed by atoms with E-state index in [1.54, 1.807) is 12.4 Å². The molecule has 3 saturated heterocycles. The molecule has 1 N–H and O–H groups in total. The maximum absolute atomic E-state index is 14.2. The van der Waals surface area contributed by atoms with Crippen LogP contribution in [0.25, 0.3) is 11.1 Å². The molecular formula is C29H25Cl2N5O6. The maximum Gasteiger partial charge on any atom is 0.410 e. The number of ether oxygens (including phenoxy) is 1. The van der Waals surface area contributed by atoms with Crippen molar-refractivity contribution >= 4 is 52.9 Å². The number of anilines is 1. The number of aromatic nitrogens is 2. The number of amides is 4. The molecule has 6 rings (SSSR count). The fraction of sp³-hybridized carbons (Fsp3) is 0.310. The summed E-state index contributed by atoms with van der Waals surface area (Å²) >= 11 is 12.4. The van der Waals surface area contributed by atoms with E-state index in [0.29, 0.717) is 12.8 Å². The third kappa shape index (κ3) is 4.92. The second-order valence-electron chi connectivity index (χ2n) is 10.6. The fourth-order valence-corrected chi connectivity index (χ4v) is 6.60. The van der Waals surface area contributed by atoms with E-state index in [1.807, 2.05) is 24.3 Å². The average Bonchev–Trinajstić information content (AvgIpc) is 3.64. The first kappa shape index (κ1) is 27.9. The Hall–Kier alpha value is -4.22. The lowest BCUT2D eigenvalue weighted by atomic mass is 9.87. The molecule has 42 heavy (non-hydrogen) atoms. The first-order valence-corrected chi connectivity index (χ1v) is 14.1. The van der Waals surface area contributed by atoms with Crippen molar-refractivity contribution < 1.29 is 29.0 Å². The second-order valence-corrected chi connectivity index (χ2v) is 11.5. The van der Waals surface area contributed by atoms with Crippen LogP contribution in [0.4, 0.5) is 15.3 Å². The van der Waals surface area contributed by atoms with Gasteiger partial charge in [-0.25, -0.2) is 29.3 Å². The Kier molecular flexibility index (Phi) is 7.24. The number of carbonyl (C=O) groups excluding carboxylic acids is 3. The van der Waals surface area contributed by atoms with Gasteiger partial charge in [-0.1, -0.05) is 47.5 Å². The Labute approximate surface area is 250 Å². The summed E-state index contributed by atoms with van der Waals surface area (Å²) in [4.78, 5) is 64.4. The number of likely N-dealkylation sites (tertiary alicyclic amines) is 1. The number of halogens is 2. The minimum atomic E-state index is -1.36. The summed E-state index contributed by atoms with van der Waals surface area (Å²) in [7, 11) is 0. The Morgan fingerprint density at radius 1 is 1.02 bits per heavy atom. The summed E-state index contributed by atoms with van der Waals surface area (Å²) in [6.45, 7) is 0.226. The van der Waals surface area contributed by atoms with E-state index in [9.17, 15) is 24.3 Å². The summed E-state index contributed by atoms with van der Waals surface area (Å²) in [5.41, 5.74) is 1.38. The highest BCUT2D eigenvalue weighted by Gasteiger charge is 2.63. The number of carbonyl (C=O) groups is 4. The van der Waals surface area contributed by atoms with Crippen molar-refractivity contribution in [1.82, 2.24) is 19.8 Å². The molecule has 3 aliphatic heterocycles. The number of hydrogen-bond acceptors (Lipinski definition) is 7. The summed E-state index contributed by atoms with van der Waals surface area (Å²) in [5, 5.41) is 10.0. The van der Waals surface area contributed by atoms with E-state index < -0.39 is 41.7 Å². The number of imide groups is 1. The van der Waals surface area contributed by atoms with Gasteiger partial charge in [-0.05, 0) is 42.2 Å². The number of carboxylic acid groups (broad SMARTS) is 1.